The lowest BCUT2D eigenvalue weighted by atomic mass is 9.96. The van der Waals surface area contributed by atoms with Crippen molar-refractivity contribution in [3.8, 4) is 0 Å². The van der Waals surface area contributed by atoms with Gasteiger partial charge in [-0.2, -0.15) is 0 Å². The van der Waals surface area contributed by atoms with Gasteiger partial charge in [-0.05, 0) is 0 Å². The number of ether oxygens (including phenoxy) is 3. The van der Waals surface area contributed by atoms with E-state index in [4.69, 9.17) is 14.2 Å². The van der Waals surface area contributed by atoms with Crippen LogP contribution in [0.3, 0.4) is 0 Å². The summed E-state index contributed by atoms with van der Waals surface area (Å²) in [6, 6.07) is 0. The summed E-state index contributed by atoms with van der Waals surface area (Å²) in [4.78, 5) is 24.4. The van der Waals surface area contributed by atoms with Crippen LogP contribution < -0.4 is 0 Å². The lowest BCUT2D eigenvalue weighted by Crippen LogP contribution is -2.63. The molecule has 194 valence electrons. The Labute approximate surface area is 197 Å². The standard InChI is InChI=1S/C19H26N4O12/c24-5-8-12(28)13(29)16(32)19(34-8)35-17-9(6-25)33-18(15(31)14(17)30)23-4-7(20-21-23)3-22-10(26)1-2-11(22)27/h1-2,4,8-9,12-19,24-25,28-32H,3,5-6H2/t8-,9-,12-,13+,14-,15-,16-,17-,18-,19+/m1/s1. The number of rotatable bonds is 7. The third kappa shape index (κ3) is 4.85. The van der Waals surface area contributed by atoms with Crippen molar-refractivity contribution in [1.82, 2.24) is 19.9 Å². The monoisotopic (exact) mass is 502 g/mol. The van der Waals surface area contributed by atoms with Crippen molar-refractivity contribution in [2.75, 3.05) is 13.2 Å². The summed E-state index contributed by atoms with van der Waals surface area (Å²) in [5.74, 6) is -1.05. The van der Waals surface area contributed by atoms with Crippen molar-refractivity contribution in [3.63, 3.8) is 0 Å². The molecule has 2 fully saturated rings. The molecule has 2 saturated heterocycles. The zero-order valence-electron chi connectivity index (χ0n) is 18.1. The lowest BCUT2D eigenvalue weighted by molar-refractivity contribution is -0.347. The minimum Gasteiger partial charge on any atom is -0.394 e. The van der Waals surface area contributed by atoms with Crippen LogP contribution in [0.4, 0.5) is 0 Å². The SMILES string of the molecule is O=C1C=CC(=O)N1Cc1cn([C@@H]2O[C@H](CO)[C@@H](O[C@@H]3O[C@H](CO)[C@@H](O)[C@H](O)[C@H]3O)[C@H](O)[C@H]2O)nn1. The van der Waals surface area contributed by atoms with Crippen LogP contribution in [0.1, 0.15) is 11.9 Å². The van der Waals surface area contributed by atoms with Gasteiger partial charge in [-0.15, -0.1) is 5.10 Å². The molecule has 0 aliphatic carbocycles. The molecule has 0 unspecified atom stereocenters. The Morgan fingerprint density at radius 2 is 1.51 bits per heavy atom. The van der Waals surface area contributed by atoms with E-state index in [0.29, 0.717) is 0 Å². The third-order valence-electron chi connectivity index (χ3n) is 6.02. The number of carbonyl (C=O) groups excluding carboxylic acids is 2. The quantitative estimate of drug-likeness (QED) is 0.172. The first-order chi connectivity index (χ1) is 16.7. The van der Waals surface area contributed by atoms with Crippen molar-refractivity contribution < 1.29 is 59.5 Å². The molecule has 0 bridgehead atoms. The van der Waals surface area contributed by atoms with Crippen LogP contribution in [0, 0.1) is 0 Å². The van der Waals surface area contributed by atoms with Crippen LogP contribution in [0.15, 0.2) is 18.3 Å². The molecule has 10 atom stereocenters. The van der Waals surface area contributed by atoms with Gasteiger partial charge in [-0.1, -0.05) is 5.21 Å². The molecular weight excluding hydrogens is 476 g/mol. The Morgan fingerprint density at radius 1 is 0.857 bits per heavy atom. The van der Waals surface area contributed by atoms with Crippen molar-refractivity contribution in [1.29, 1.82) is 0 Å². The number of nitrogens with zero attached hydrogens (tertiary/aromatic N) is 4. The van der Waals surface area contributed by atoms with Gasteiger partial charge in [0, 0.05) is 12.2 Å². The maximum Gasteiger partial charge on any atom is 0.253 e. The Kier molecular flexibility index (Phi) is 7.57. The first-order valence-corrected chi connectivity index (χ1v) is 10.7. The summed E-state index contributed by atoms with van der Waals surface area (Å²) < 4.78 is 17.4. The van der Waals surface area contributed by atoms with Gasteiger partial charge in [-0.3, -0.25) is 14.5 Å². The molecule has 4 heterocycles. The molecule has 16 heteroatoms. The molecule has 4 rings (SSSR count). The first kappa shape index (κ1) is 25.7. The van der Waals surface area contributed by atoms with Crippen LogP contribution in [0.25, 0.3) is 0 Å². The van der Waals surface area contributed by atoms with Crippen LogP contribution >= 0.6 is 0 Å². The van der Waals surface area contributed by atoms with E-state index in [0.717, 1.165) is 21.7 Å². The second-order valence-electron chi connectivity index (χ2n) is 8.31. The number of carbonyl (C=O) groups is 2. The van der Waals surface area contributed by atoms with Crippen molar-refractivity contribution in [2.24, 2.45) is 0 Å². The number of hydrogen-bond donors (Lipinski definition) is 7. The van der Waals surface area contributed by atoms with Crippen molar-refractivity contribution in [3.05, 3.63) is 24.0 Å². The van der Waals surface area contributed by atoms with E-state index in [-0.39, 0.29) is 12.2 Å². The summed E-state index contributed by atoms with van der Waals surface area (Å²) in [5, 5.41) is 78.1. The van der Waals surface area contributed by atoms with Gasteiger partial charge in [0.25, 0.3) is 11.8 Å². The molecule has 2 amide bonds. The average Bonchev–Trinajstić information content (AvgIpc) is 3.44. The Hall–Kier alpha value is -2.38. The van der Waals surface area contributed by atoms with E-state index in [1.807, 2.05) is 0 Å². The van der Waals surface area contributed by atoms with Gasteiger partial charge in [-0.25, -0.2) is 4.68 Å². The zero-order valence-corrected chi connectivity index (χ0v) is 18.1. The predicted molar refractivity (Wildman–Crippen MR) is 106 cm³/mol. The van der Waals surface area contributed by atoms with Crippen LogP contribution in [-0.4, -0.2) is 136 Å². The van der Waals surface area contributed by atoms with Crippen LogP contribution in [-0.2, 0) is 30.3 Å². The fourth-order valence-corrected chi connectivity index (χ4v) is 4.05. The van der Waals surface area contributed by atoms with Crippen LogP contribution in [0.5, 0.6) is 0 Å². The highest BCUT2D eigenvalue weighted by Crippen LogP contribution is 2.32. The molecule has 1 aromatic heterocycles. The smallest absolute Gasteiger partial charge is 0.253 e. The van der Waals surface area contributed by atoms with Gasteiger partial charge < -0.3 is 50.0 Å². The van der Waals surface area contributed by atoms with Gasteiger partial charge in [0.2, 0.25) is 0 Å². The number of aliphatic hydroxyl groups is 7. The largest absolute Gasteiger partial charge is 0.394 e. The third-order valence-corrected chi connectivity index (χ3v) is 6.02. The van der Waals surface area contributed by atoms with E-state index in [1.54, 1.807) is 0 Å². The van der Waals surface area contributed by atoms with E-state index in [1.165, 1.54) is 6.20 Å². The number of hydrogen-bond acceptors (Lipinski definition) is 14. The maximum atomic E-state index is 11.7. The Bertz CT molecular complexity index is 936. The summed E-state index contributed by atoms with van der Waals surface area (Å²) in [6.07, 6.45) is -12.1. The Balaban J connectivity index is 1.46. The van der Waals surface area contributed by atoms with Crippen molar-refractivity contribution in [2.45, 2.75) is 67.9 Å². The average molecular weight is 502 g/mol. The van der Waals surface area contributed by atoms with E-state index >= 15 is 0 Å². The number of aliphatic hydroxyl groups excluding tert-OH is 7. The van der Waals surface area contributed by atoms with Crippen molar-refractivity contribution >= 4 is 11.8 Å². The highest BCUT2D eigenvalue weighted by molar-refractivity contribution is 6.12. The highest BCUT2D eigenvalue weighted by Gasteiger charge is 2.51. The summed E-state index contributed by atoms with van der Waals surface area (Å²) in [7, 11) is 0. The molecule has 3 aliphatic rings. The van der Waals surface area contributed by atoms with Gasteiger partial charge in [0.15, 0.2) is 12.5 Å². The summed E-state index contributed by atoms with van der Waals surface area (Å²) in [5.41, 5.74) is 0.181. The van der Waals surface area contributed by atoms with E-state index < -0.39 is 86.4 Å². The van der Waals surface area contributed by atoms with Gasteiger partial charge in [0.1, 0.15) is 54.5 Å². The molecule has 16 nitrogen and oxygen atoms in total. The van der Waals surface area contributed by atoms with Crippen LogP contribution in [0.2, 0.25) is 0 Å². The molecule has 35 heavy (non-hydrogen) atoms. The molecule has 0 radical (unpaired) electrons. The lowest BCUT2D eigenvalue weighted by Gasteiger charge is -2.45. The molecule has 1 aromatic rings. The second-order valence-corrected chi connectivity index (χ2v) is 8.31. The molecular formula is C19H26N4O12. The molecule has 0 spiro atoms. The Morgan fingerprint density at radius 3 is 2.14 bits per heavy atom. The number of amides is 2. The summed E-state index contributed by atoms with van der Waals surface area (Å²) >= 11 is 0. The molecule has 0 saturated carbocycles. The minimum absolute atomic E-state index is 0.181. The highest BCUT2D eigenvalue weighted by atomic mass is 16.7. The maximum absolute atomic E-state index is 11.7. The molecule has 7 N–H and O–H groups in total. The predicted octanol–water partition coefficient (Wildman–Crippen LogP) is -5.50. The molecule has 0 aromatic carbocycles. The fourth-order valence-electron chi connectivity index (χ4n) is 4.05. The number of imide groups is 1. The second kappa shape index (κ2) is 10.3. The minimum atomic E-state index is -1.78. The first-order valence-electron chi connectivity index (χ1n) is 10.7. The molecule has 3 aliphatic heterocycles. The fraction of sp³-hybridized carbons (Fsp3) is 0.684. The van der Waals surface area contributed by atoms with Gasteiger partial charge in [0.05, 0.1) is 26.0 Å². The van der Waals surface area contributed by atoms with E-state index in [2.05, 4.69) is 10.3 Å². The van der Waals surface area contributed by atoms with E-state index in [9.17, 15) is 45.3 Å². The zero-order chi connectivity index (χ0) is 25.4. The normalized spacial score (nSPS) is 40.0. The topological polar surface area (TPSA) is 237 Å². The van der Waals surface area contributed by atoms with Gasteiger partial charge >= 0.3 is 0 Å². The number of aromatic nitrogens is 3. The summed E-state index contributed by atoms with van der Waals surface area (Å²) in [6.45, 7) is -1.61.